The minimum atomic E-state index is -1.04. The second kappa shape index (κ2) is 5.47. The maximum Gasteiger partial charge on any atom is 0.353 e. The molecule has 1 aromatic carbocycles. The highest BCUT2D eigenvalue weighted by Crippen LogP contribution is 2.35. The van der Waals surface area contributed by atoms with Gasteiger partial charge in [-0.2, -0.15) is 5.10 Å². The summed E-state index contributed by atoms with van der Waals surface area (Å²) in [7, 11) is 1.58. The van der Waals surface area contributed by atoms with Crippen LogP contribution in [0.15, 0.2) is 24.3 Å². The van der Waals surface area contributed by atoms with Crippen LogP contribution in [0.4, 0.5) is 0 Å². The molecule has 6 heteroatoms. The van der Waals surface area contributed by atoms with Crippen molar-refractivity contribution in [2.45, 2.75) is 25.4 Å². The van der Waals surface area contributed by atoms with Crippen LogP contribution in [0, 0.1) is 0 Å². The Bertz CT molecular complexity index is 661. The Labute approximate surface area is 121 Å². The summed E-state index contributed by atoms with van der Waals surface area (Å²) in [5, 5.41) is 15.4. The molecule has 2 N–H and O–H groups in total. The van der Waals surface area contributed by atoms with Crippen LogP contribution in [-0.2, 0) is 0 Å². The Morgan fingerprint density at radius 2 is 2.14 bits per heavy atom. The maximum atomic E-state index is 10.9. The van der Waals surface area contributed by atoms with E-state index in [2.05, 4.69) is 10.2 Å². The quantitative estimate of drug-likeness (QED) is 0.883. The number of carbonyl (C=O) groups is 1. The highest BCUT2D eigenvalue weighted by atomic mass is 16.5. The summed E-state index contributed by atoms with van der Waals surface area (Å²) in [6.45, 7) is 0. The average molecular weight is 288 g/mol. The van der Waals surface area contributed by atoms with Crippen LogP contribution >= 0.6 is 0 Å². The van der Waals surface area contributed by atoms with Crippen LogP contribution < -0.4 is 9.47 Å². The number of carboxylic acids is 1. The summed E-state index contributed by atoms with van der Waals surface area (Å²) < 4.78 is 11.2. The van der Waals surface area contributed by atoms with Gasteiger partial charge < -0.3 is 14.6 Å². The van der Waals surface area contributed by atoms with Crippen molar-refractivity contribution >= 4 is 5.97 Å². The predicted octanol–water partition coefficient (Wildman–Crippen LogP) is 2.71. The largest absolute Gasteiger partial charge is 0.493 e. The lowest BCUT2D eigenvalue weighted by Gasteiger charge is -2.27. The standard InChI is InChI=1S/C15H16N2O4/c1-20-14-7-9(11-8-12(15(18)19)17-16-11)5-6-13(14)21-10-3-2-4-10/h5-8,10H,2-4H2,1H3,(H,16,17)(H,18,19). The molecular formula is C15H16N2O4. The summed E-state index contributed by atoms with van der Waals surface area (Å²) in [6.07, 6.45) is 3.63. The Hall–Kier alpha value is -2.50. The molecule has 1 fully saturated rings. The molecule has 0 bridgehead atoms. The van der Waals surface area contributed by atoms with Crippen molar-refractivity contribution in [2.24, 2.45) is 0 Å². The Morgan fingerprint density at radius 1 is 1.33 bits per heavy atom. The van der Waals surface area contributed by atoms with Crippen molar-refractivity contribution in [3.8, 4) is 22.8 Å². The molecule has 6 nitrogen and oxygen atoms in total. The van der Waals surface area contributed by atoms with Gasteiger partial charge in [0.05, 0.1) is 18.9 Å². The van der Waals surface area contributed by atoms with E-state index in [4.69, 9.17) is 14.6 Å². The monoisotopic (exact) mass is 288 g/mol. The lowest BCUT2D eigenvalue weighted by atomic mass is 9.96. The maximum absolute atomic E-state index is 10.9. The van der Waals surface area contributed by atoms with Crippen molar-refractivity contribution in [1.29, 1.82) is 0 Å². The minimum Gasteiger partial charge on any atom is -0.493 e. The number of H-pyrrole nitrogens is 1. The molecule has 1 heterocycles. The van der Waals surface area contributed by atoms with Crippen molar-refractivity contribution in [1.82, 2.24) is 10.2 Å². The third-order valence-corrected chi connectivity index (χ3v) is 3.61. The molecule has 2 aromatic rings. The molecule has 0 radical (unpaired) electrons. The number of aromatic nitrogens is 2. The average Bonchev–Trinajstić information content (AvgIpc) is 2.92. The van der Waals surface area contributed by atoms with Gasteiger partial charge >= 0.3 is 5.97 Å². The van der Waals surface area contributed by atoms with E-state index < -0.39 is 5.97 Å². The summed E-state index contributed by atoms with van der Waals surface area (Å²) in [5.41, 5.74) is 1.39. The predicted molar refractivity (Wildman–Crippen MR) is 75.8 cm³/mol. The second-order valence-corrected chi connectivity index (χ2v) is 5.01. The summed E-state index contributed by atoms with van der Waals surface area (Å²) >= 11 is 0. The van der Waals surface area contributed by atoms with Gasteiger partial charge in [0.1, 0.15) is 5.69 Å². The molecule has 1 saturated carbocycles. The number of rotatable bonds is 5. The van der Waals surface area contributed by atoms with Gasteiger partial charge in [-0.1, -0.05) is 0 Å². The van der Waals surface area contributed by atoms with E-state index in [1.54, 1.807) is 13.2 Å². The van der Waals surface area contributed by atoms with Crippen LogP contribution in [0.1, 0.15) is 29.8 Å². The normalized spacial score (nSPS) is 14.5. The zero-order valence-electron chi connectivity index (χ0n) is 11.6. The number of ether oxygens (including phenoxy) is 2. The molecule has 1 aliphatic rings. The van der Waals surface area contributed by atoms with Crippen molar-refractivity contribution < 1.29 is 19.4 Å². The zero-order chi connectivity index (χ0) is 14.8. The Balaban J connectivity index is 1.86. The SMILES string of the molecule is COc1cc(-c2cc(C(=O)O)[nH]n2)ccc1OC1CCC1. The van der Waals surface area contributed by atoms with E-state index in [9.17, 15) is 4.79 Å². The smallest absolute Gasteiger partial charge is 0.353 e. The molecule has 21 heavy (non-hydrogen) atoms. The van der Waals surface area contributed by atoms with Gasteiger partial charge in [-0.25, -0.2) is 4.79 Å². The lowest BCUT2D eigenvalue weighted by Crippen LogP contribution is -2.24. The molecule has 0 spiro atoms. The molecule has 1 aromatic heterocycles. The van der Waals surface area contributed by atoms with Gasteiger partial charge in [0.15, 0.2) is 11.5 Å². The van der Waals surface area contributed by atoms with Gasteiger partial charge in [-0.3, -0.25) is 5.10 Å². The number of aromatic carboxylic acids is 1. The fourth-order valence-electron chi connectivity index (χ4n) is 2.17. The number of aromatic amines is 1. The van der Waals surface area contributed by atoms with Crippen molar-refractivity contribution in [3.63, 3.8) is 0 Å². The zero-order valence-corrected chi connectivity index (χ0v) is 11.6. The summed E-state index contributed by atoms with van der Waals surface area (Å²) in [4.78, 5) is 10.9. The molecule has 0 aliphatic heterocycles. The summed E-state index contributed by atoms with van der Waals surface area (Å²) in [6, 6.07) is 6.97. The molecule has 0 amide bonds. The molecule has 0 unspecified atom stereocenters. The fourth-order valence-corrected chi connectivity index (χ4v) is 2.17. The Morgan fingerprint density at radius 3 is 2.71 bits per heavy atom. The van der Waals surface area contributed by atoms with E-state index in [1.807, 2.05) is 12.1 Å². The third-order valence-electron chi connectivity index (χ3n) is 3.61. The number of carboxylic acid groups (broad SMARTS) is 1. The van der Waals surface area contributed by atoms with E-state index in [0.717, 1.165) is 18.4 Å². The van der Waals surface area contributed by atoms with Crippen molar-refractivity contribution in [3.05, 3.63) is 30.0 Å². The second-order valence-electron chi connectivity index (χ2n) is 5.01. The first kappa shape index (κ1) is 13.5. The van der Waals surface area contributed by atoms with Gasteiger partial charge in [0.2, 0.25) is 0 Å². The summed E-state index contributed by atoms with van der Waals surface area (Å²) in [5.74, 6) is 0.296. The van der Waals surface area contributed by atoms with Crippen LogP contribution in [0.3, 0.4) is 0 Å². The van der Waals surface area contributed by atoms with Crippen LogP contribution in [-0.4, -0.2) is 34.5 Å². The highest BCUT2D eigenvalue weighted by molar-refractivity contribution is 5.86. The first-order valence-corrected chi connectivity index (χ1v) is 6.81. The number of nitrogens with one attached hydrogen (secondary N) is 1. The van der Waals surface area contributed by atoms with Crippen LogP contribution in [0.2, 0.25) is 0 Å². The molecule has 0 atom stereocenters. The van der Waals surface area contributed by atoms with Gasteiger partial charge in [0, 0.05) is 5.56 Å². The lowest BCUT2D eigenvalue weighted by molar-refractivity contribution is 0.0690. The first-order valence-electron chi connectivity index (χ1n) is 6.81. The van der Waals surface area contributed by atoms with Gasteiger partial charge in [-0.15, -0.1) is 0 Å². The Kier molecular flexibility index (Phi) is 3.51. The number of hydrogen-bond acceptors (Lipinski definition) is 4. The van der Waals surface area contributed by atoms with Crippen LogP contribution in [0.5, 0.6) is 11.5 Å². The first-order chi connectivity index (χ1) is 10.2. The molecule has 1 aliphatic carbocycles. The molecule has 3 rings (SSSR count). The minimum absolute atomic E-state index is 0.0544. The third kappa shape index (κ3) is 2.69. The number of benzene rings is 1. The fraction of sp³-hybridized carbons (Fsp3) is 0.333. The number of hydrogen-bond donors (Lipinski definition) is 2. The number of nitrogens with zero attached hydrogens (tertiary/aromatic N) is 1. The van der Waals surface area contributed by atoms with Gasteiger partial charge in [-0.05, 0) is 43.5 Å². The van der Waals surface area contributed by atoms with E-state index in [1.165, 1.54) is 12.5 Å². The highest BCUT2D eigenvalue weighted by Gasteiger charge is 2.21. The molecule has 110 valence electrons. The topological polar surface area (TPSA) is 84.4 Å². The molecular weight excluding hydrogens is 272 g/mol. The molecule has 0 saturated heterocycles. The number of methoxy groups -OCH3 is 1. The van der Waals surface area contributed by atoms with E-state index in [-0.39, 0.29) is 11.8 Å². The van der Waals surface area contributed by atoms with Crippen LogP contribution in [0.25, 0.3) is 11.3 Å². The van der Waals surface area contributed by atoms with E-state index >= 15 is 0 Å². The van der Waals surface area contributed by atoms with E-state index in [0.29, 0.717) is 17.2 Å². The van der Waals surface area contributed by atoms with Gasteiger partial charge in [0.25, 0.3) is 0 Å². The van der Waals surface area contributed by atoms with Crippen molar-refractivity contribution in [2.75, 3.05) is 7.11 Å².